The number of carbonyl (C=O) groups excluding carboxylic acids is 3. The second-order valence-electron chi connectivity index (χ2n) is 13.7. The van der Waals surface area contributed by atoms with Crippen molar-refractivity contribution in [2.45, 2.75) is 0 Å². The van der Waals surface area contributed by atoms with Crippen LogP contribution in [-0.2, 0) is 0 Å². The van der Waals surface area contributed by atoms with Crippen molar-refractivity contribution >= 4 is 115 Å². The Labute approximate surface area is 396 Å². The summed E-state index contributed by atoms with van der Waals surface area (Å²) in [6.45, 7) is 0. The van der Waals surface area contributed by atoms with Gasteiger partial charge in [0, 0.05) is 0 Å². The standard InChI is InChI=1S/C26H20N2O2Se2.C13H9NOSe.C13H11NOSe/c29-25(27-19-11-3-1-4-12-19)21-15-7-9-17-23(21)31-32-24-18-10-8-16-22(24)26(30)28-20-13-5-2-6-14-20;15-13-11-8-4-5-9-12(11)16-14(13)10-6-2-1-3-7-10;15-13(11-8-4-5-9-12(11)16)14-10-6-2-1-3-7-10/h1-18H,(H,27,29)(H,28,30);1-9H;1-9,16H,(H,14,15). The first-order valence-corrected chi connectivity index (χ1v) is 28.5. The van der Waals surface area contributed by atoms with E-state index < -0.39 is 0 Å². The third-order valence-corrected chi connectivity index (χ3v) is 19.6. The van der Waals surface area contributed by atoms with Gasteiger partial charge in [0.25, 0.3) is 0 Å². The van der Waals surface area contributed by atoms with Crippen molar-refractivity contribution < 1.29 is 14.4 Å². The fourth-order valence-electron chi connectivity index (χ4n) is 6.07. The molecule has 9 aromatic rings. The third-order valence-electron chi connectivity index (χ3n) is 9.21. The van der Waals surface area contributed by atoms with E-state index >= 15 is 0 Å². The van der Waals surface area contributed by atoms with Crippen LogP contribution in [-0.4, -0.2) is 78.3 Å². The molecule has 8 nitrogen and oxygen atoms in total. The van der Waals surface area contributed by atoms with Crippen molar-refractivity contribution in [3.8, 4) is 5.69 Å². The van der Waals surface area contributed by atoms with Crippen LogP contribution in [0.1, 0.15) is 31.1 Å². The number of anilines is 3. The van der Waals surface area contributed by atoms with E-state index in [0.717, 1.165) is 41.5 Å². The molecule has 12 heteroatoms. The Morgan fingerprint density at radius 2 is 0.781 bits per heavy atom. The molecule has 0 bridgehead atoms. The summed E-state index contributed by atoms with van der Waals surface area (Å²) in [7, 11) is 0. The van der Waals surface area contributed by atoms with Crippen molar-refractivity contribution in [3.05, 3.63) is 245 Å². The molecule has 1 heterocycles. The van der Waals surface area contributed by atoms with Crippen molar-refractivity contribution in [2.24, 2.45) is 0 Å². The molecule has 316 valence electrons. The molecule has 0 spiro atoms. The number of carbonyl (C=O) groups is 3. The molecule has 64 heavy (non-hydrogen) atoms. The average Bonchev–Trinajstić information content (AvgIpc) is 3.68. The maximum atomic E-state index is 12.9. The number of hydrogen-bond donors (Lipinski definition) is 3. The summed E-state index contributed by atoms with van der Waals surface area (Å²) < 4.78 is 6.03. The minimum absolute atomic E-state index is 0.0424. The van der Waals surface area contributed by atoms with Gasteiger partial charge in [-0.05, 0) is 0 Å². The molecule has 1 aromatic heterocycles. The number of amides is 3. The molecule has 0 unspecified atom stereocenters. The summed E-state index contributed by atoms with van der Waals surface area (Å²) in [5.74, 6) is -0.304. The summed E-state index contributed by atoms with van der Waals surface area (Å²) in [6.07, 6.45) is 0. The quantitative estimate of drug-likeness (QED) is 0.129. The molecule has 3 amide bonds. The Morgan fingerprint density at radius 3 is 1.23 bits per heavy atom. The molecule has 0 fully saturated rings. The van der Waals surface area contributed by atoms with Crippen molar-refractivity contribution in [3.63, 3.8) is 0 Å². The summed E-state index contributed by atoms with van der Waals surface area (Å²) in [5, 5.41) is 9.64. The van der Waals surface area contributed by atoms with E-state index in [4.69, 9.17) is 0 Å². The van der Waals surface area contributed by atoms with Crippen LogP contribution >= 0.6 is 0 Å². The van der Waals surface area contributed by atoms with Crippen LogP contribution in [0.15, 0.2) is 223 Å². The molecule has 0 saturated heterocycles. The summed E-state index contributed by atoms with van der Waals surface area (Å²) in [6, 6.07) is 68.9. The Kier molecular flexibility index (Phi) is 16.7. The fourth-order valence-corrected chi connectivity index (χ4v) is 15.8. The number of fused-ring (bicyclic) bond motifs is 1. The van der Waals surface area contributed by atoms with Crippen molar-refractivity contribution in [1.29, 1.82) is 0 Å². The van der Waals surface area contributed by atoms with Crippen LogP contribution in [0, 0.1) is 0 Å². The van der Waals surface area contributed by atoms with Crippen LogP contribution in [0.2, 0.25) is 0 Å². The van der Waals surface area contributed by atoms with Gasteiger partial charge in [-0.2, -0.15) is 0 Å². The molecule has 9 rings (SSSR count). The Hall–Kier alpha value is -6.28. The van der Waals surface area contributed by atoms with E-state index in [0.29, 0.717) is 16.7 Å². The van der Waals surface area contributed by atoms with Gasteiger partial charge >= 0.3 is 400 Å². The van der Waals surface area contributed by atoms with Crippen molar-refractivity contribution in [1.82, 2.24) is 3.56 Å². The Balaban J connectivity index is 0.000000160. The number of nitrogens with zero attached hydrogens (tertiary/aromatic N) is 1. The predicted molar refractivity (Wildman–Crippen MR) is 267 cm³/mol. The first kappa shape index (κ1) is 45.7. The number of nitrogens with one attached hydrogen (secondary N) is 3. The zero-order valence-electron chi connectivity index (χ0n) is 34.0. The molecular weight excluding hydrogens is 1060 g/mol. The molecule has 0 atom stereocenters. The maximum absolute atomic E-state index is 12.9. The number of hydrogen-bond acceptors (Lipinski definition) is 4. The molecule has 0 saturated carbocycles. The zero-order valence-corrected chi connectivity index (χ0v) is 41.1. The number of rotatable bonds is 10. The van der Waals surface area contributed by atoms with Gasteiger partial charge < -0.3 is 0 Å². The Bertz CT molecular complexity index is 2920. The van der Waals surface area contributed by atoms with Crippen LogP contribution in [0.4, 0.5) is 17.1 Å². The predicted octanol–water partition coefficient (Wildman–Crippen LogP) is 6.98. The summed E-state index contributed by atoms with van der Waals surface area (Å²) in [5.41, 5.74) is 5.52. The van der Waals surface area contributed by atoms with Crippen LogP contribution in [0.5, 0.6) is 0 Å². The fraction of sp³-hybridized carbons (Fsp3) is 0. The van der Waals surface area contributed by atoms with E-state index in [2.05, 4.69) is 32.0 Å². The normalized spacial score (nSPS) is 10.3. The van der Waals surface area contributed by atoms with Crippen LogP contribution < -0.4 is 34.9 Å². The SMILES string of the molecule is O=C(Nc1ccccc1)c1ccccc1[SeH].O=C(Nc1ccccc1)c1ccccc1[Se][Se]c1ccccc1C(=O)Nc1ccccc1.O=c1c2ccccc2[se]n1-c1ccccc1. The molecule has 8 aromatic carbocycles. The number of benzene rings is 8. The average molecular weight is 1100 g/mol. The third kappa shape index (κ3) is 12.7. The Morgan fingerprint density at radius 1 is 0.422 bits per heavy atom. The van der Waals surface area contributed by atoms with E-state index in [1.807, 2.05) is 222 Å². The summed E-state index contributed by atoms with van der Waals surface area (Å²) >= 11 is 2.57. The molecule has 0 radical (unpaired) electrons. The molecule has 0 aliphatic rings. The zero-order chi connectivity index (χ0) is 44.5. The van der Waals surface area contributed by atoms with Gasteiger partial charge in [-0.15, -0.1) is 0 Å². The van der Waals surface area contributed by atoms with E-state index in [9.17, 15) is 19.2 Å². The van der Waals surface area contributed by atoms with E-state index in [-0.39, 0.29) is 64.3 Å². The summed E-state index contributed by atoms with van der Waals surface area (Å²) in [4.78, 5) is 49.8. The van der Waals surface area contributed by atoms with Crippen molar-refractivity contribution in [2.75, 3.05) is 16.0 Å². The van der Waals surface area contributed by atoms with E-state index in [1.54, 1.807) is 0 Å². The topological polar surface area (TPSA) is 109 Å². The molecule has 3 N–H and O–H groups in total. The second-order valence-corrected chi connectivity index (χ2v) is 22.9. The second kappa shape index (κ2) is 23.4. The number of aromatic nitrogens is 1. The first-order valence-electron chi connectivity index (χ1n) is 19.9. The van der Waals surface area contributed by atoms with Crippen LogP contribution in [0.25, 0.3) is 15.3 Å². The van der Waals surface area contributed by atoms with Gasteiger partial charge in [-0.1, -0.05) is 0 Å². The van der Waals surface area contributed by atoms with Gasteiger partial charge in [0.1, 0.15) is 0 Å². The van der Waals surface area contributed by atoms with Crippen LogP contribution in [0.3, 0.4) is 0 Å². The first-order chi connectivity index (χ1) is 31.3. The molecule has 0 aliphatic carbocycles. The minimum atomic E-state index is -0.111. The van der Waals surface area contributed by atoms with E-state index in [1.165, 1.54) is 4.26 Å². The van der Waals surface area contributed by atoms with Gasteiger partial charge in [-0.25, -0.2) is 0 Å². The van der Waals surface area contributed by atoms with Gasteiger partial charge in [-0.3, -0.25) is 0 Å². The van der Waals surface area contributed by atoms with Gasteiger partial charge in [0.05, 0.1) is 0 Å². The molecule has 0 aliphatic heterocycles. The van der Waals surface area contributed by atoms with Gasteiger partial charge in [0.2, 0.25) is 0 Å². The monoisotopic (exact) mass is 1100 g/mol. The number of para-hydroxylation sites is 4. The molecular formula is C52H40N4O4Se4. The van der Waals surface area contributed by atoms with Gasteiger partial charge in [0.15, 0.2) is 0 Å².